The second-order valence-corrected chi connectivity index (χ2v) is 6.32. The fourth-order valence-electron chi connectivity index (χ4n) is 2.27. The first-order chi connectivity index (χ1) is 9.58. The van der Waals surface area contributed by atoms with Crippen molar-refractivity contribution < 1.29 is 4.79 Å². The van der Waals surface area contributed by atoms with Crippen molar-refractivity contribution in [2.45, 2.75) is 13.8 Å². The van der Waals surface area contributed by atoms with Crippen molar-refractivity contribution >= 4 is 38.8 Å². The van der Waals surface area contributed by atoms with E-state index in [4.69, 9.17) is 11.6 Å². The molecular formula is C17H13ClOS. The summed E-state index contributed by atoms with van der Waals surface area (Å²) >= 11 is 7.86. The first-order valence-electron chi connectivity index (χ1n) is 6.37. The molecule has 2 aromatic carbocycles. The average molecular weight is 301 g/mol. The summed E-state index contributed by atoms with van der Waals surface area (Å²) in [5.41, 5.74) is 2.87. The number of halogens is 1. The molecule has 0 atom stereocenters. The Balaban J connectivity index is 2.18. The number of carbonyl (C=O) groups is 1. The molecule has 1 aromatic heterocycles. The summed E-state index contributed by atoms with van der Waals surface area (Å²) in [4.78, 5) is 13.3. The Morgan fingerprint density at radius 3 is 2.60 bits per heavy atom. The molecule has 3 aromatic rings. The van der Waals surface area contributed by atoms with E-state index in [1.807, 2.05) is 50.2 Å². The van der Waals surface area contributed by atoms with E-state index in [0.29, 0.717) is 9.90 Å². The lowest BCUT2D eigenvalue weighted by Crippen LogP contribution is -2.01. The highest BCUT2D eigenvalue weighted by Crippen LogP contribution is 2.37. The van der Waals surface area contributed by atoms with E-state index in [-0.39, 0.29) is 5.78 Å². The minimum Gasteiger partial charge on any atom is -0.288 e. The number of hydrogen-bond acceptors (Lipinski definition) is 2. The molecule has 0 aliphatic carbocycles. The second-order valence-electron chi connectivity index (χ2n) is 4.89. The third-order valence-corrected chi connectivity index (χ3v) is 5.04. The Morgan fingerprint density at radius 1 is 1.10 bits per heavy atom. The molecule has 0 saturated carbocycles. The van der Waals surface area contributed by atoms with Crippen LogP contribution >= 0.6 is 22.9 Å². The number of fused-ring (bicyclic) bond motifs is 1. The first-order valence-corrected chi connectivity index (χ1v) is 7.56. The SMILES string of the molecule is Cc1ccc2c(Cl)c(C(=O)c3ccccc3C)sc2c1. The molecular weight excluding hydrogens is 288 g/mol. The monoisotopic (exact) mass is 300 g/mol. The Kier molecular flexibility index (Phi) is 3.36. The molecule has 0 radical (unpaired) electrons. The Morgan fingerprint density at radius 2 is 1.85 bits per heavy atom. The summed E-state index contributed by atoms with van der Waals surface area (Å²) in [5, 5.41) is 1.53. The highest BCUT2D eigenvalue weighted by atomic mass is 35.5. The van der Waals surface area contributed by atoms with Gasteiger partial charge in [0.25, 0.3) is 0 Å². The molecule has 1 heterocycles. The maximum absolute atomic E-state index is 12.7. The average Bonchev–Trinajstić information content (AvgIpc) is 2.75. The highest BCUT2D eigenvalue weighted by molar-refractivity contribution is 7.21. The van der Waals surface area contributed by atoms with Crippen LogP contribution in [-0.2, 0) is 0 Å². The van der Waals surface area contributed by atoms with Crippen LogP contribution < -0.4 is 0 Å². The van der Waals surface area contributed by atoms with Crippen LogP contribution in [0.1, 0.15) is 26.4 Å². The number of ketones is 1. The highest BCUT2D eigenvalue weighted by Gasteiger charge is 2.19. The quantitative estimate of drug-likeness (QED) is 0.579. The van der Waals surface area contributed by atoms with Gasteiger partial charge in [0.15, 0.2) is 0 Å². The van der Waals surface area contributed by atoms with Crippen molar-refractivity contribution in [2.24, 2.45) is 0 Å². The summed E-state index contributed by atoms with van der Waals surface area (Å²) in [6.45, 7) is 3.98. The van der Waals surface area contributed by atoms with Gasteiger partial charge in [0.05, 0.1) is 9.90 Å². The molecule has 1 nitrogen and oxygen atoms in total. The molecule has 0 spiro atoms. The van der Waals surface area contributed by atoms with Gasteiger partial charge in [-0.3, -0.25) is 4.79 Å². The normalized spacial score (nSPS) is 10.9. The van der Waals surface area contributed by atoms with E-state index in [2.05, 4.69) is 6.07 Å². The maximum Gasteiger partial charge on any atom is 0.204 e. The second kappa shape index (κ2) is 5.04. The van der Waals surface area contributed by atoms with Gasteiger partial charge in [0.2, 0.25) is 5.78 Å². The fourth-order valence-corrected chi connectivity index (χ4v) is 3.84. The van der Waals surface area contributed by atoms with E-state index >= 15 is 0 Å². The largest absolute Gasteiger partial charge is 0.288 e. The molecule has 0 saturated heterocycles. The van der Waals surface area contributed by atoms with Crippen molar-refractivity contribution in [1.82, 2.24) is 0 Å². The van der Waals surface area contributed by atoms with Gasteiger partial charge < -0.3 is 0 Å². The van der Waals surface area contributed by atoms with Crippen molar-refractivity contribution in [1.29, 1.82) is 0 Å². The van der Waals surface area contributed by atoms with Gasteiger partial charge in [0, 0.05) is 15.6 Å². The Hall–Kier alpha value is -1.64. The van der Waals surface area contributed by atoms with Crippen molar-refractivity contribution in [2.75, 3.05) is 0 Å². The molecule has 0 aliphatic rings. The first kappa shape index (κ1) is 13.3. The third kappa shape index (κ3) is 2.15. The van der Waals surface area contributed by atoms with E-state index in [9.17, 15) is 4.79 Å². The van der Waals surface area contributed by atoms with Crippen LogP contribution in [0.25, 0.3) is 10.1 Å². The Labute approximate surface area is 126 Å². The molecule has 3 rings (SSSR count). The van der Waals surface area contributed by atoms with Gasteiger partial charge >= 0.3 is 0 Å². The molecule has 0 aliphatic heterocycles. The van der Waals surface area contributed by atoms with Crippen LogP contribution in [0.5, 0.6) is 0 Å². The number of hydrogen-bond donors (Lipinski definition) is 0. The predicted molar refractivity (Wildman–Crippen MR) is 86.2 cm³/mol. The number of benzene rings is 2. The van der Waals surface area contributed by atoms with Crippen LogP contribution in [0.15, 0.2) is 42.5 Å². The van der Waals surface area contributed by atoms with Crippen LogP contribution in [0.3, 0.4) is 0 Å². The zero-order valence-electron chi connectivity index (χ0n) is 11.2. The van der Waals surface area contributed by atoms with E-state index in [1.165, 1.54) is 16.9 Å². The zero-order chi connectivity index (χ0) is 14.3. The van der Waals surface area contributed by atoms with E-state index in [1.54, 1.807) is 0 Å². The van der Waals surface area contributed by atoms with Gasteiger partial charge in [0.1, 0.15) is 0 Å². The minimum absolute atomic E-state index is 0.00644. The standard InChI is InChI=1S/C17H13ClOS/c1-10-7-8-13-14(9-10)20-17(15(13)18)16(19)12-6-4-3-5-11(12)2/h3-9H,1-2H3. The van der Waals surface area contributed by atoms with Crippen molar-refractivity contribution in [3.05, 3.63) is 69.1 Å². The number of rotatable bonds is 2. The summed E-state index contributed by atoms with van der Waals surface area (Å²) < 4.78 is 1.06. The van der Waals surface area contributed by atoms with Crippen LogP contribution in [0, 0.1) is 13.8 Å². The summed E-state index contributed by atoms with van der Waals surface area (Å²) in [7, 11) is 0. The summed E-state index contributed by atoms with van der Waals surface area (Å²) in [6, 6.07) is 13.7. The summed E-state index contributed by atoms with van der Waals surface area (Å²) in [6.07, 6.45) is 0. The smallest absolute Gasteiger partial charge is 0.204 e. The molecule has 100 valence electrons. The van der Waals surface area contributed by atoms with Gasteiger partial charge in [-0.2, -0.15) is 0 Å². The topological polar surface area (TPSA) is 17.1 Å². The molecule has 0 bridgehead atoms. The van der Waals surface area contributed by atoms with E-state index < -0.39 is 0 Å². The number of aryl methyl sites for hydroxylation is 2. The molecule has 20 heavy (non-hydrogen) atoms. The third-order valence-electron chi connectivity index (χ3n) is 3.38. The van der Waals surface area contributed by atoms with Crippen LogP contribution in [0.4, 0.5) is 0 Å². The number of thiophene rings is 1. The van der Waals surface area contributed by atoms with E-state index in [0.717, 1.165) is 21.2 Å². The number of carbonyl (C=O) groups excluding carboxylic acids is 1. The molecule has 3 heteroatoms. The van der Waals surface area contributed by atoms with Crippen LogP contribution in [-0.4, -0.2) is 5.78 Å². The van der Waals surface area contributed by atoms with Crippen molar-refractivity contribution in [3.8, 4) is 0 Å². The maximum atomic E-state index is 12.7. The molecule has 0 unspecified atom stereocenters. The summed E-state index contributed by atoms with van der Waals surface area (Å²) in [5.74, 6) is 0.00644. The van der Waals surface area contributed by atoms with Gasteiger partial charge in [-0.1, -0.05) is 48.0 Å². The molecule has 0 amide bonds. The van der Waals surface area contributed by atoms with Crippen molar-refractivity contribution in [3.63, 3.8) is 0 Å². The lowest BCUT2D eigenvalue weighted by Gasteiger charge is -2.02. The predicted octanol–water partition coefficient (Wildman–Crippen LogP) is 5.40. The van der Waals surface area contributed by atoms with Gasteiger partial charge in [-0.05, 0) is 31.0 Å². The van der Waals surface area contributed by atoms with Crippen LogP contribution in [0.2, 0.25) is 5.02 Å². The van der Waals surface area contributed by atoms with Gasteiger partial charge in [-0.15, -0.1) is 11.3 Å². The fraction of sp³-hybridized carbons (Fsp3) is 0.118. The zero-order valence-corrected chi connectivity index (χ0v) is 12.8. The molecule has 0 fully saturated rings. The lowest BCUT2D eigenvalue weighted by molar-refractivity contribution is 0.104. The minimum atomic E-state index is 0.00644. The van der Waals surface area contributed by atoms with Gasteiger partial charge in [-0.25, -0.2) is 0 Å². The Bertz CT molecular complexity index is 817. The lowest BCUT2D eigenvalue weighted by atomic mass is 10.0. The molecule has 0 N–H and O–H groups in total.